The van der Waals surface area contributed by atoms with E-state index in [2.05, 4.69) is 15.3 Å². The van der Waals surface area contributed by atoms with Crippen molar-refractivity contribution in [2.75, 3.05) is 6.54 Å². The van der Waals surface area contributed by atoms with E-state index in [1.165, 1.54) is 0 Å². The Hall–Kier alpha value is -1.41. The Morgan fingerprint density at radius 2 is 2.23 bits per heavy atom. The molecule has 2 aromatic rings. The fraction of sp³-hybridized carbons (Fsp3) is 0.571. The van der Waals surface area contributed by atoms with Crippen LogP contribution < -0.4 is 5.32 Å². The lowest BCUT2D eigenvalue weighted by Gasteiger charge is -2.23. The number of halogens is 3. The summed E-state index contributed by atoms with van der Waals surface area (Å²) in [5.41, 5.74) is 0.233. The number of nitrogens with zero attached hydrogens (tertiary/aromatic N) is 3. The predicted molar refractivity (Wildman–Crippen MR) is 77.6 cm³/mol. The van der Waals surface area contributed by atoms with E-state index >= 15 is 0 Å². The van der Waals surface area contributed by atoms with Crippen molar-refractivity contribution in [1.29, 1.82) is 0 Å². The fourth-order valence-corrected chi connectivity index (χ4v) is 3.43. The zero-order valence-electron chi connectivity index (χ0n) is 12.2. The van der Waals surface area contributed by atoms with Gasteiger partial charge in [0.05, 0.1) is 0 Å². The summed E-state index contributed by atoms with van der Waals surface area (Å²) >= 11 is 1.62. The maximum atomic E-state index is 12.7. The van der Waals surface area contributed by atoms with Crippen molar-refractivity contribution in [3.05, 3.63) is 33.8 Å². The molecule has 0 spiro atoms. The smallest absolute Gasteiger partial charge is 0.334 e. The van der Waals surface area contributed by atoms with Gasteiger partial charge in [0.1, 0.15) is 10.8 Å². The van der Waals surface area contributed by atoms with E-state index in [4.69, 9.17) is 0 Å². The van der Waals surface area contributed by atoms with E-state index in [1.54, 1.807) is 15.9 Å². The number of nitrogens with one attached hydrogen (secondary N) is 1. The zero-order chi connectivity index (χ0) is 15.7. The van der Waals surface area contributed by atoms with E-state index in [-0.39, 0.29) is 0 Å². The van der Waals surface area contributed by atoms with E-state index in [1.807, 2.05) is 12.3 Å². The standard InChI is InChI=1S/C14H17F3N4S/c1-9-8-22-13(19-9)5-18-4-10-2-3-12-20-11(14(15,16)17)7-21(12)6-10/h7-8,10,18H,2-6H2,1H3/t10-/m0/s1. The van der Waals surface area contributed by atoms with Crippen molar-refractivity contribution >= 4 is 11.3 Å². The van der Waals surface area contributed by atoms with Crippen molar-refractivity contribution in [2.24, 2.45) is 5.92 Å². The van der Waals surface area contributed by atoms with Crippen LogP contribution >= 0.6 is 11.3 Å². The third kappa shape index (κ3) is 3.49. The van der Waals surface area contributed by atoms with Crippen molar-refractivity contribution < 1.29 is 13.2 Å². The molecule has 120 valence electrons. The van der Waals surface area contributed by atoms with Crippen LogP contribution in [0.3, 0.4) is 0 Å². The number of thiazole rings is 1. The molecule has 1 aliphatic heterocycles. The highest BCUT2D eigenvalue weighted by molar-refractivity contribution is 7.09. The normalized spacial score (nSPS) is 18.5. The average Bonchev–Trinajstić information content (AvgIpc) is 3.04. The second kappa shape index (κ2) is 6.00. The van der Waals surface area contributed by atoms with Gasteiger partial charge in [-0.05, 0) is 19.3 Å². The predicted octanol–water partition coefficient (Wildman–Crippen LogP) is 3.02. The molecular weight excluding hydrogens is 313 g/mol. The van der Waals surface area contributed by atoms with Crippen LogP contribution in [0.1, 0.15) is 28.6 Å². The molecule has 0 unspecified atom stereocenters. The van der Waals surface area contributed by atoms with Gasteiger partial charge in [-0.1, -0.05) is 0 Å². The van der Waals surface area contributed by atoms with Gasteiger partial charge in [-0.3, -0.25) is 0 Å². The first-order chi connectivity index (χ1) is 10.4. The third-order valence-electron chi connectivity index (χ3n) is 3.76. The Morgan fingerprint density at radius 1 is 1.41 bits per heavy atom. The maximum Gasteiger partial charge on any atom is 0.434 e. The molecule has 3 heterocycles. The Balaban J connectivity index is 1.54. The van der Waals surface area contributed by atoms with Crippen molar-refractivity contribution in [1.82, 2.24) is 19.9 Å². The topological polar surface area (TPSA) is 42.7 Å². The summed E-state index contributed by atoms with van der Waals surface area (Å²) in [5.74, 6) is 0.864. The molecule has 4 nitrogen and oxygen atoms in total. The molecular formula is C14H17F3N4S. The summed E-state index contributed by atoms with van der Waals surface area (Å²) in [6, 6.07) is 0. The van der Waals surface area contributed by atoms with Crippen LogP contribution in [-0.4, -0.2) is 21.1 Å². The number of alkyl halides is 3. The summed E-state index contributed by atoms with van der Waals surface area (Å²) in [6.07, 6.45) is -1.77. The average molecular weight is 330 g/mol. The molecule has 0 bridgehead atoms. The molecule has 3 rings (SSSR count). The Kier molecular flexibility index (Phi) is 4.22. The van der Waals surface area contributed by atoms with Crippen LogP contribution in [0.25, 0.3) is 0 Å². The zero-order valence-corrected chi connectivity index (χ0v) is 13.0. The van der Waals surface area contributed by atoms with Gasteiger partial charge in [-0.25, -0.2) is 9.97 Å². The first-order valence-electron chi connectivity index (χ1n) is 7.17. The number of rotatable bonds is 4. The van der Waals surface area contributed by atoms with Gasteiger partial charge in [0.25, 0.3) is 0 Å². The summed E-state index contributed by atoms with van der Waals surface area (Å²) in [7, 11) is 0. The van der Waals surface area contributed by atoms with Gasteiger partial charge in [0.2, 0.25) is 0 Å². The molecule has 0 amide bonds. The number of imidazole rings is 1. The number of fused-ring (bicyclic) bond motifs is 1. The van der Waals surface area contributed by atoms with Gasteiger partial charge >= 0.3 is 6.18 Å². The van der Waals surface area contributed by atoms with Crippen LogP contribution in [0.4, 0.5) is 13.2 Å². The Labute approximate surface area is 130 Å². The lowest BCUT2D eigenvalue weighted by Crippen LogP contribution is -2.29. The van der Waals surface area contributed by atoms with Crippen LogP contribution in [0.5, 0.6) is 0 Å². The molecule has 0 saturated heterocycles. The summed E-state index contributed by atoms with van der Waals surface area (Å²) < 4.78 is 39.7. The summed E-state index contributed by atoms with van der Waals surface area (Å²) in [4.78, 5) is 8.07. The molecule has 1 atom stereocenters. The van der Waals surface area contributed by atoms with Crippen molar-refractivity contribution in [3.8, 4) is 0 Å². The van der Waals surface area contributed by atoms with Crippen LogP contribution in [0.15, 0.2) is 11.6 Å². The number of aryl methyl sites for hydroxylation is 2. The highest BCUT2D eigenvalue weighted by atomic mass is 32.1. The second-order valence-corrected chi connectivity index (χ2v) is 6.55. The third-order valence-corrected chi connectivity index (χ3v) is 4.72. The van der Waals surface area contributed by atoms with Gasteiger partial charge < -0.3 is 9.88 Å². The molecule has 1 N–H and O–H groups in total. The molecule has 0 saturated carbocycles. The molecule has 0 radical (unpaired) electrons. The highest BCUT2D eigenvalue weighted by Crippen LogP contribution is 2.30. The first-order valence-corrected chi connectivity index (χ1v) is 8.05. The molecule has 0 aromatic carbocycles. The Morgan fingerprint density at radius 3 is 2.91 bits per heavy atom. The second-order valence-electron chi connectivity index (χ2n) is 5.61. The van der Waals surface area contributed by atoms with Gasteiger partial charge in [0.15, 0.2) is 5.69 Å². The fourth-order valence-electron chi connectivity index (χ4n) is 2.68. The van der Waals surface area contributed by atoms with E-state index in [9.17, 15) is 13.2 Å². The molecule has 8 heteroatoms. The minimum Gasteiger partial charge on any atom is -0.334 e. The monoisotopic (exact) mass is 330 g/mol. The van der Waals surface area contributed by atoms with Crippen LogP contribution in [-0.2, 0) is 25.7 Å². The van der Waals surface area contributed by atoms with Gasteiger partial charge in [0, 0.05) is 43.3 Å². The molecule has 0 fully saturated rings. The lowest BCUT2D eigenvalue weighted by atomic mass is 9.99. The number of aromatic nitrogens is 3. The minimum atomic E-state index is -4.36. The van der Waals surface area contributed by atoms with Gasteiger partial charge in [-0.2, -0.15) is 13.2 Å². The van der Waals surface area contributed by atoms with E-state index in [0.29, 0.717) is 31.3 Å². The largest absolute Gasteiger partial charge is 0.434 e. The molecule has 2 aromatic heterocycles. The maximum absolute atomic E-state index is 12.7. The van der Waals surface area contributed by atoms with Crippen LogP contribution in [0, 0.1) is 12.8 Å². The molecule has 1 aliphatic rings. The van der Waals surface area contributed by atoms with E-state index < -0.39 is 11.9 Å². The van der Waals surface area contributed by atoms with E-state index in [0.717, 1.165) is 29.9 Å². The minimum absolute atomic E-state index is 0.323. The quantitative estimate of drug-likeness (QED) is 0.937. The number of hydrogen-bond acceptors (Lipinski definition) is 4. The lowest BCUT2D eigenvalue weighted by molar-refractivity contribution is -0.141. The SMILES string of the molecule is Cc1csc(CNC[C@@H]2CCc3nc(C(F)(F)F)cn3C2)n1. The first kappa shape index (κ1) is 15.5. The highest BCUT2D eigenvalue weighted by Gasteiger charge is 2.35. The van der Waals surface area contributed by atoms with Crippen LogP contribution in [0.2, 0.25) is 0 Å². The summed E-state index contributed by atoms with van der Waals surface area (Å²) in [5, 5.41) is 6.39. The summed E-state index contributed by atoms with van der Waals surface area (Å²) in [6.45, 7) is 4.03. The molecule has 22 heavy (non-hydrogen) atoms. The van der Waals surface area contributed by atoms with Gasteiger partial charge in [-0.15, -0.1) is 11.3 Å². The van der Waals surface area contributed by atoms with Crippen molar-refractivity contribution in [3.63, 3.8) is 0 Å². The number of hydrogen-bond donors (Lipinski definition) is 1. The Bertz CT molecular complexity index is 647. The molecule has 0 aliphatic carbocycles. The van der Waals surface area contributed by atoms with Crippen molar-refractivity contribution in [2.45, 2.75) is 39.0 Å².